The molecular weight excluding hydrogens is 609 g/mol. The molecule has 42 heavy (non-hydrogen) atoms. The van der Waals surface area contributed by atoms with Gasteiger partial charge in [-0.25, -0.2) is 0 Å². The molecule has 0 bridgehead atoms. The molecule has 10 heteroatoms. The van der Waals surface area contributed by atoms with Gasteiger partial charge in [0.2, 0.25) is 10.2 Å². The summed E-state index contributed by atoms with van der Waals surface area (Å²) in [6, 6.07) is 0. The molecule has 0 aliphatic rings. The van der Waals surface area contributed by atoms with Crippen LogP contribution in [0.3, 0.4) is 0 Å². The molecule has 0 radical (unpaired) electrons. The Labute approximate surface area is 272 Å². The monoisotopic (exact) mass is 662 g/mol. The Bertz CT molecular complexity index is 953. The number of thioether (sulfide) groups is 4. The fourth-order valence-corrected chi connectivity index (χ4v) is 7.25. The van der Waals surface area contributed by atoms with Crippen LogP contribution < -0.4 is 0 Å². The quantitative estimate of drug-likeness (QED) is 0.111. The molecule has 0 fully saturated rings. The van der Waals surface area contributed by atoms with E-state index in [0.717, 1.165) is 12.8 Å². The Morgan fingerprint density at radius 2 is 0.976 bits per heavy atom. The normalized spacial score (nSPS) is 12.7. The van der Waals surface area contributed by atoms with Crippen LogP contribution in [-0.4, -0.2) is 65.9 Å². The maximum Gasteiger partial charge on any atom is 0.214 e. The molecule has 0 N–H and O–H groups in total. The van der Waals surface area contributed by atoms with Gasteiger partial charge in [0.1, 0.15) is 0 Å². The third-order valence-electron chi connectivity index (χ3n) is 6.29. The van der Waals surface area contributed by atoms with E-state index >= 15 is 0 Å². The van der Waals surface area contributed by atoms with Gasteiger partial charge in [0, 0.05) is 47.1 Å². The van der Waals surface area contributed by atoms with Gasteiger partial charge in [0.25, 0.3) is 0 Å². The van der Waals surface area contributed by atoms with Crippen molar-refractivity contribution in [2.45, 2.75) is 128 Å². The number of rotatable bonds is 21. The Morgan fingerprint density at radius 3 is 1.43 bits per heavy atom. The van der Waals surface area contributed by atoms with E-state index in [1.807, 2.05) is 55.4 Å². The predicted molar refractivity (Wildman–Crippen MR) is 186 cm³/mol. The Balaban J connectivity index is 4.29. The van der Waals surface area contributed by atoms with Crippen molar-refractivity contribution in [3.05, 3.63) is 24.3 Å². The Morgan fingerprint density at radius 1 is 0.571 bits per heavy atom. The Kier molecular flexibility index (Phi) is 18.9. The molecule has 0 aromatic heterocycles. The Hall–Kier alpha value is -0.520. The van der Waals surface area contributed by atoms with E-state index in [9.17, 15) is 19.2 Å². The molecule has 0 saturated carbocycles. The van der Waals surface area contributed by atoms with Crippen LogP contribution >= 0.6 is 47.0 Å². The first kappa shape index (κ1) is 41.5. The predicted octanol–water partition coefficient (Wildman–Crippen LogP) is 8.67. The molecule has 6 nitrogen and oxygen atoms in total. The van der Waals surface area contributed by atoms with Crippen LogP contribution in [-0.2, 0) is 28.7 Å². The third-order valence-corrected chi connectivity index (χ3v) is 10.7. The summed E-state index contributed by atoms with van der Waals surface area (Å²) in [5.74, 6) is 1.29. The lowest BCUT2D eigenvalue weighted by molar-refractivity contribution is -0.115. The van der Waals surface area contributed by atoms with Crippen LogP contribution in [0.2, 0.25) is 0 Å². The summed E-state index contributed by atoms with van der Waals surface area (Å²) < 4.78 is 11.6. The molecule has 0 atom stereocenters. The maximum atomic E-state index is 12.6. The van der Waals surface area contributed by atoms with Crippen molar-refractivity contribution in [2.75, 3.05) is 24.7 Å². The minimum atomic E-state index is -0.389. The van der Waals surface area contributed by atoms with Crippen LogP contribution in [0.25, 0.3) is 0 Å². The van der Waals surface area contributed by atoms with Gasteiger partial charge in [0.15, 0.2) is 10.2 Å². The molecule has 242 valence electrons. The van der Waals surface area contributed by atoms with Crippen LogP contribution in [0.1, 0.15) is 108 Å². The highest BCUT2D eigenvalue weighted by Crippen LogP contribution is 2.33. The fourth-order valence-electron chi connectivity index (χ4n) is 3.29. The van der Waals surface area contributed by atoms with E-state index in [1.165, 1.54) is 47.0 Å². The standard InChI is InChI=1S/C32H54O6S4/c1-23(2)27(35)40-22-18-30(7,8)37-19-15-31(9,10)41-26(34)14-13-25(33)39-21-17-29(5,6)38-20-16-32(11,12)42-28(36)24(3)4/h1,3,13-22H2,2,4-12H3. The first-order valence-corrected chi connectivity index (χ1v) is 18.0. The van der Waals surface area contributed by atoms with Crippen molar-refractivity contribution in [3.8, 4) is 0 Å². The van der Waals surface area contributed by atoms with E-state index in [0.29, 0.717) is 48.7 Å². The van der Waals surface area contributed by atoms with Gasteiger partial charge in [-0.1, -0.05) is 87.9 Å². The second kappa shape index (κ2) is 19.1. The molecular formula is C32H54O6S4. The zero-order valence-electron chi connectivity index (χ0n) is 27.6. The molecule has 0 aromatic carbocycles. The van der Waals surface area contributed by atoms with Gasteiger partial charge in [-0.15, -0.1) is 0 Å². The molecule has 0 heterocycles. The number of carbonyl (C=O) groups excluding carboxylic acids is 4. The largest absolute Gasteiger partial charge is 0.375 e. The van der Waals surface area contributed by atoms with E-state index in [4.69, 9.17) is 9.47 Å². The second-order valence-corrected chi connectivity index (χ2v) is 18.7. The lowest BCUT2D eigenvalue weighted by Gasteiger charge is -2.29. The zero-order valence-corrected chi connectivity index (χ0v) is 30.8. The summed E-state index contributed by atoms with van der Waals surface area (Å²) in [4.78, 5) is 48.7. The average Bonchev–Trinajstić information content (AvgIpc) is 2.81. The van der Waals surface area contributed by atoms with Crippen molar-refractivity contribution < 1.29 is 28.7 Å². The minimum Gasteiger partial charge on any atom is -0.375 e. The van der Waals surface area contributed by atoms with Crippen molar-refractivity contribution in [3.63, 3.8) is 0 Å². The fraction of sp³-hybridized carbons (Fsp3) is 0.750. The lowest BCUT2D eigenvalue weighted by atomic mass is 10.1. The topological polar surface area (TPSA) is 86.7 Å². The van der Waals surface area contributed by atoms with Gasteiger partial charge in [-0.2, -0.15) is 0 Å². The smallest absolute Gasteiger partial charge is 0.214 e. The van der Waals surface area contributed by atoms with Crippen LogP contribution in [0.5, 0.6) is 0 Å². The van der Waals surface area contributed by atoms with Crippen molar-refractivity contribution in [2.24, 2.45) is 0 Å². The first-order chi connectivity index (χ1) is 19.1. The van der Waals surface area contributed by atoms with Gasteiger partial charge in [-0.05, 0) is 78.4 Å². The van der Waals surface area contributed by atoms with Crippen LogP contribution in [0, 0.1) is 0 Å². The third kappa shape index (κ3) is 21.2. The highest BCUT2D eigenvalue weighted by atomic mass is 32.2. The molecule has 0 aliphatic heterocycles. The molecule has 0 aromatic rings. The minimum absolute atomic E-state index is 0.00328. The molecule has 0 aliphatic carbocycles. The number of hydrogen-bond acceptors (Lipinski definition) is 10. The lowest BCUT2D eigenvalue weighted by Crippen LogP contribution is -2.29. The second-order valence-electron chi connectivity index (χ2n) is 13.0. The molecule has 0 saturated heterocycles. The van der Waals surface area contributed by atoms with E-state index in [1.54, 1.807) is 13.8 Å². The van der Waals surface area contributed by atoms with Gasteiger partial charge in [-0.3, -0.25) is 19.2 Å². The highest BCUT2D eigenvalue weighted by molar-refractivity contribution is 8.15. The summed E-state index contributed by atoms with van der Waals surface area (Å²) in [7, 11) is 0. The highest BCUT2D eigenvalue weighted by Gasteiger charge is 2.27. The SMILES string of the molecule is C=C(C)C(=O)SCCC(C)(C)OCCC(C)(C)SC(=O)CCC(=O)SCCC(C)(C)OCCC(C)(C)SC(=O)C(=C)C. The zero-order chi connectivity index (χ0) is 32.8. The summed E-state index contributed by atoms with van der Waals surface area (Å²) in [5, 5.41) is 0.0406. The number of hydrogen-bond donors (Lipinski definition) is 0. The van der Waals surface area contributed by atoms with E-state index < -0.39 is 0 Å². The summed E-state index contributed by atoms with van der Waals surface area (Å²) in [5.41, 5.74) is 0.347. The summed E-state index contributed by atoms with van der Waals surface area (Å²) in [6.45, 7) is 28.0. The molecule has 0 rings (SSSR count). The average molecular weight is 663 g/mol. The molecule has 0 spiro atoms. The summed E-state index contributed by atoms with van der Waals surface area (Å²) >= 11 is 5.08. The van der Waals surface area contributed by atoms with E-state index in [-0.39, 0.29) is 54.0 Å². The van der Waals surface area contributed by atoms with Crippen molar-refractivity contribution in [1.82, 2.24) is 0 Å². The van der Waals surface area contributed by atoms with Crippen molar-refractivity contribution >= 4 is 67.5 Å². The number of carbonyl (C=O) groups is 4. The van der Waals surface area contributed by atoms with Gasteiger partial charge < -0.3 is 9.47 Å². The summed E-state index contributed by atoms with van der Waals surface area (Å²) in [6.07, 6.45) is 3.31. The number of ether oxygens (including phenoxy) is 2. The van der Waals surface area contributed by atoms with Crippen LogP contribution in [0.15, 0.2) is 24.3 Å². The van der Waals surface area contributed by atoms with Crippen molar-refractivity contribution in [1.29, 1.82) is 0 Å². The molecule has 0 amide bonds. The maximum absolute atomic E-state index is 12.6. The van der Waals surface area contributed by atoms with E-state index in [2.05, 4.69) is 13.2 Å². The first-order valence-electron chi connectivity index (χ1n) is 14.4. The molecule has 0 unspecified atom stereocenters. The van der Waals surface area contributed by atoms with Crippen LogP contribution in [0.4, 0.5) is 0 Å². The van der Waals surface area contributed by atoms with Gasteiger partial charge in [0.05, 0.1) is 11.2 Å². The van der Waals surface area contributed by atoms with Gasteiger partial charge >= 0.3 is 0 Å².